The van der Waals surface area contributed by atoms with Crippen molar-refractivity contribution in [1.82, 2.24) is 4.98 Å². The topological polar surface area (TPSA) is 12.9 Å². The summed E-state index contributed by atoms with van der Waals surface area (Å²) >= 11 is 0. The minimum absolute atomic E-state index is 0.707. The second kappa shape index (κ2) is 3.33. The van der Waals surface area contributed by atoms with Crippen LogP contribution >= 0.6 is 0 Å². The average Bonchev–Trinajstić information content (AvgIpc) is 2.86. The summed E-state index contributed by atoms with van der Waals surface area (Å²) in [5.74, 6) is 1.52. The van der Waals surface area contributed by atoms with Gasteiger partial charge in [0.2, 0.25) is 0 Å². The molecule has 1 heterocycles. The largest absolute Gasteiger partial charge is 0.261 e. The van der Waals surface area contributed by atoms with Gasteiger partial charge in [0.15, 0.2) is 0 Å². The van der Waals surface area contributed by atoms with Crippen molar-refractivity contribution in [3.05, 3.63) is 42.2 Å². The lowest BCUT2D eigenvalue weighted by Crippen LogP contribution is -1.88. The summed E-state index contributed by atoms with van der Waals surface area (Å²) in [7, 11) is 0. The Balaban J connectivity index is 2.03. The van der Waals surface area contributed by atoms with Crippen molar-refractivity contribution < 1.29 is 0 Å². The van der Waals surface area contributed by atoms with Crippen molar-refractivity contribution in [2.45, 2.75) is 25.7 Å². The second-order valence-electron chi connectivity index (χ2n) is 3.89. The summed E-state index contributed by atoms with van der Waals surface area (Å²) in [4.78, 5) is 4.44. The van der Waals surface area contributed by atoms with Crippen LogP contribution in [0.15, 0.2) is 31.0 Å². The van der Waals surface area contributed by atoms with Gasteiger partial charge in [-0.2, -0.15) is 0 Å². The highest BCUT2D eigenvalue weighted by molar-refractivity contribution is 5.21. The van der Waals surface area contributed by atoms with E-state index in [4.69, 9.17) is 0 Å². The Morgan fingerprint density at radius 1 is 1.62 bits per heavy atom. The SMILES string of the molecule is C=CCC1CC1c1ccc(C)cn1. The molecule has 0 aliphatic heterocycles. The molecule has 1 aliphatic carbocycles. The quantitative estimate of drug-likeness (QED) is 0.640. The molecular weight excluding hydrogens is 158 g/mol. The maximum absolute atomic E-state index is 4.44. The first-order chi connectivity index (χ1) is 6.31. The number of nitrogens with zero attached hydrogens (tertiary/aromatic N) is 1. The lowest BCUT2D eigenvalue weighted by atomic mass is 10.1. The number of pyridine rings is 1. The van der Waals surface area contributed by atoms with Crippen LogP contribution in [0.1, 0.15) is 30.0 Å². The van der Waals surface area contributed by atoms with Gasteiger partial charge in [-0.25, -0.2) is 0 Å². The monoisotopic (exact) mass is 173 g/mol. The summed E-state index contributed by atoms with van der Waals surface area (Å²) in [5.41, 5.74) is 2.50. The summed E-state index contributed by atoms with van der Waals surface area (Å²) in [5, 5.41) is 0. The van der Waals surface area contributed by atoms with Gasteiger partial charge in [-0.3, -0.25) is 4.98 Å². The molecule has 1 aromatic heterocycles. The molecule has 1 aliphatic rings. The van der Waals surface area contributed by atoms with Crippen molar-refractivity contribution >= 4 is 0 Å². The van der Waals surface area contributed by atoms with E-state index in [-0.39, 0.29) is 0 Å². The third-order valence-corrected chi connectivity index (χ3v) is 2.71. The summed E-state index contributed by atoms with van der Waals surface area (Å²) in [6.45, 7) is 5.84. The molecule has 1 heteroatoms. The highest BCUT2D eigenvalue weighted by Gasteiger charge is 2.37. The van der Waals surface area contributed by atoms with Gasteiger partial charge >= 0.3 is 0 Å². The molecule has 1 aromatic rings. The second-order valence-corrected chi connectivity index (χ2v) is 3.89. The van der Waals surface area contributed by atoms with E-state index in [1.807, 2.05) is 12.3 Å². The lowest BCUT2D eigenvalue weighted by Gasteiger charge is -1.98. The number of hydrogen-bond acceptors (Lipinski definition) is 1. The fraction of sp³-hybridized carbons (Fsp3) is 0.417. The van der Waals surface area contributed by atoms with E-state index in [0.29, 0.717) is 5.92 Å². The molecule has 68 valence electrons. The zero-order valence-electron chi connectivity index (χ0n) is 8.03. The van der Waals surface area contributed by atoms with Gasteiger partial charge in [0, 0.05) is 17.8 Å². The summed E-state index contributed by atoms with van der Waals surface area (Å²) in [6.07, 6.45) is 6.40. The molecule has 2 unspecified atom stereocenters. The highest BCUT2D eigenvalue weighted by atomic mass is 14.7. The van der Waals surface area contributed by atoms with Crippen molar-refractivity contribution in [2.24, 2.45) is 5.92 Å². The molecular formula is C12H15N. The van der Waals surface area contributed by atoms with E-state index in [0.717, 1.165) is 12.3 Å². The Kier molecular flexibility index (Phi) is 2.17. The Labute approximate surface area is 79.5 Å². The van der Waals surface area contributed by atoms with E-state index in [1.54, 1.807) is 0 Å². The predicted molar refractivity (Wildman–Crippen MR) is 54.6 cm³/mol. The van der Waals surface area contributed by atoms with Gasteiger partial charge in [0.25, 0.3) is 0 Å². The van der Waals surface area contributed by atoms with Gasteiger partial charge in [0.1, 0.15) is 0 Å². The van der Waals surface area contributed by atoms with Crippen LogP contribution in [-0.2, 0) is 0 Å². The van der Waals surface area contributed by atoms with Crippen LogP contribution in [-0.4, -0.2) is 4.98 Å². The van der Waals surface area contributed by atoms with Crippen molar-refractivity contribution in [1.29, 1.82) is 0 Å². The Morgan fingerprint density at radius 2 is 2.46 bits per heavy atom. The predicted octanol–water partition coefficient (Wildman–Crippen LogP) is 3.07. The first kappa shape index (κ1) is 8.49. The minimum Gasteiger partial charge on any atom is -0.261 e. The van der Waals surface area contributed by atoms with Gasteiger partial charge in [-0.1, -0.05) is 12.1 Å². The number of allylic oxidation sites excluding steroid dienone is 1. The lowest BCUT2D eigenvalue weighted by molar-refractivity contribution is 0.806. The van der Waals surface area contributed by atoms with Gasteiger partial charge in [-0.05, 0) is 37.3 Å². The number of aryl methyl sites for hydroxylation is 1. The van der Waals surface area contributed by atoms with Gasteiger partial charge in [0.05, 0.1) is 0 Å². The standard InChI is InChI=1S/C12H15N/c1-3-4-10-7-11(10)12-6-5-9(2)8-13-12/h3,5-6,8,10-11H,1,4,7H2,2H3. The summed E-state index contributed by atoms with van der Waals surface area (Å²) in [6, 6.07) is 4.30. The Bertz CT molecular complexity index is 299. The molecule has 2 rings (SSSR count). The van der Waals surface area contributed by atoms with Crippen molar-refractivity contribution in [3.8, 4) is 0 Å². The maximum atomic E-state index is 4.44. The van der Waals surface area contributed by atoms with E-state index in [2.05, 4.69) is 30.6 Å². The maximum Gasteiger partial charge on any atom is 0.0437 e. The van der Waals surface area contributed by atoms with Crippen molar-refractivity contribution in [2.75, 3.05) is 0 Å². The molecule has 1 fully saturated rings. The highest BCUT2D eigenvalue weighted by Crippen LogP contribution is 2.48. The van der Waals surface area contributed by atoms with Crippen LogP contribution < -0.4 is 0 Å². The number of aromatic nitrogens is 1. The van der Waals surface area contributed by atoms with Crippen LogP contribution in [0.3, 0.4) is 0 Å². The fourth-order valence-electron chi connectivity index (χ4n) is 1.78. The zero-order valence-corrected chi connectivity index (χ0v) is 8.03. The van der Waals surface area contributed by atoms with E-state index < -0.39 is 0 Å². The molecule has 0 aromatic carbocycles. The molecule has 0 amide bonds. The van der Waals surface area contributed by atoms with Gasteiger partial charge < -0.3 is 0 Å². The molecule has 13 heavy (non-hydrogen) atoms. The van der Waals surface area contributed by atoms with Crippen LogP contribution in [0, 0.1) is 12.8 Å². The minimum atomic E-state index is 0.707. The molecule has 0 spiro atoms. The van der Waals surface area contributed by atoms with Gasteiger partial charge in [-0.15, -0.1) is 6.58 Å². The third kappa shape index (κ3) is 1.80. The first-order valence-corrected chi connectivity index (χ1v) is 4.84. The molecule has 0 saturated heterocycles. The zero-order chi connectivity index (χ0) is 9.26. The van der Waals surface area contributed by atoms with Crippen LogP contribution in [0.5, 0.6) is 0 Å². The Hall–Kier alpha value is -1.11. The van der Waals surface area contributed by atoms with E-state index in [1.165, 1.54) is 17.7 Å². The summed E-state index contributed by atoms with van der Waals surface area (Å²) < 4.78 is 0. The molecule has 0 radical (unpaired) electrons. The van der Waals surface area contributed by atoms with Crippen LogP contribution in [0.25, 0.3) is 0 Å². The molecule has 2 atom stereocenters. The normalized spacial score (nSPS) is 25.6. The third-order valence-electron chi connectivity index (χ3n) is 2.71. The smallest absolute Gasteiger partial charge is 0.0437 e. The Morgan fingerprint density at radius 3 is 3.08 bits per heavy atom. The molecule has 1 saturated carbocycles. The van der Waals surface area contributed by atoms with E-state index >= 15 is 0 Å². The van der Waals surface area contributed by atoms with E-state index in [9.17, 15) is 0 Å². The molecule has 1 nitrogen and oxygen atoms in total. The average molecular weight is 173 g/mol. The molecule has 0 N–H and O–H groups in total. The van der Waals surface area contributed by atoms with Crippen LogP contribution in [0.2, 0.25) is 0 Å². The molecule has 0 bridgehead atoms. The number of hydrogen-bond donors (Lipinski definition) is 0. The first-order valence-electron chi connectivity index (χ1n) is 4.84. The van der Waals surface area contributed by atoms with Crippen LogP contribution in [0.4, 0.5) is 0 Å². The number of rotatable bonds is 3. The fourth-order valence-corrected chi connectivity index (χ4v) is 1.78. The van der Waals surface area contributed by atoms with Crippen molar-refractivity contribution in [3.63, 3.8) is 0 Å².